The van der Waals surface area contributed by atoms with E-state index in [1.807, 2.05) is 39.0 Å². The lowest BCUT2D eigenvalue weighted by molar-refractivity contribution is -0.143. The number of aromatic hydroxyl groups is 1. The van der Waals surface area contributed by atoms with Crippen molar-refractivity contribution in [3.63, 3.8) is 0 Å². The van der Waals surface area contributed by atoms with E-state index >= 15 is 0 Å². The molecule has 218 valence electrons. The standard InChI is InChI=1S/C32H45N3O5/c1-8-9-22(4)33-29(37)28(24-17-20(2)16-21(3)18-24)35(25-12-13-25)30(38)27(34-31(39)40-32(5,6)7)19-23-10-14-26(36)15-11-23/h10-11,14-18,22,25,27-28,36H,8-9,12-13,19H2,1-7H3,(H,33,37)(H,34,39). The Morgan fingerprint density at radius 2 is 1.62 bits per heavy atom. The maximum Gasteiger partial charge on any atom is 0.408 e. The number of benzene rings is 2. The van der Waals surface area contributed by atoms with Crippen LogP contribution in [0.25, 0.3) is 0 Å². The van der Waals surface area contributed by atoms with E-state index in [4.69, 9.17) is 4.74 Å². The van der Waals surface area contributed by atoms with Crippen molar-refractivity contribution >= 4 is 17.9 Å². The number of aryl methyl sites for hydroxylation is 2. The van der Waals surface area contributed by atoms with E-state index < -0.39 is 23.8 Å². The van der Waals surface area contributed by atoms with E-state index in [0.717, 1.165) is 47.9 Å². The summed E-state index contributed by atoms with van der Waals surface area (Å²) < 4.78 is 5.49. The van der Waals surface area contributed by atoms with Gasteiger partial charge in [0.2, 0.25) is 11.8 Å². The molecule has 3 unspecified atom stereocenters. The molecule has 1 aliphatic rings. The Balaban J connectivity index is 2.03. The van der Waals surface area contributed by atoms with Crippen LogP contribution in [0.15, 0.2) is 42.5 Å². The Labute approximate surface area is 238 Å². The molecule has 2 aromatic rings. The lowest BCUT2D eigenvalue weighted by Gasteiger charge is -2.35. The summed E-state index contributed by atoms with van der Waals surface area (Å²) in [5.41, 5.74) is 2.77. The van der Waals surface area contributed by atoms with Crippen molar-refractivity contribution in [1.82, 2.24) is 15.5 Å². The van der Waals surface area contributed by atoms with Gasteiger partial charge in [-0.15, -0.1) is 0 Å². The van der Waals surface area contributed by atoms with Gasteiger partial charge in [-0.1, -0.05) is 54.8 Å². The van der Waals surface area contributed by atoms with Crippen molar-refractivity contribution in [1.29, 1.82) is 0 Å². The first-order chi connectivity index (χ1) is 18.8. The minimum Gasteiger partial charge on any atom is -0.508 e. The maximum atomic E-state index is 14.4. The molecule has 3 rings (SSSR count). The fraction of sp³-hybridized carbons (Fsp3) is 0.531. The second kappa shape index (κ2) is 13.2. The second-order valence-electron chi connectivity index (χ2n) is 12.1. The van der Waals surface area contributed by atoms with Gasteiger partial charge in [-0.3, -0.25) is 9.59 Å². The second-order valence-corrected chi connectivity index (χ2v) is 12.1. The molecule has 0 heterocycles. The van der Waals surface area contributed by atoms with E-state index in [2.05, 4.69) is 17.6 Å². The summed E-state index contributed by atoms with van der Waals surface area (Å²) in [4.78, 5) is 42.9. The van der Waals surface area contributed by atoms with Gasteiger partial charge < -0.3 is 25.4 Å². The van der Waals surface area contributed by atoms with Crippen LogP contribution in [0.5, 0.6) is 5.75 Å². The molecule has 0 spiro atoms. The normalized spacial score (nSPS) is 15.5. The Morgan fingerprint density at radius 1 is 1.02 bits per heavy atom. The Kier molecular flexibility index (Phi) is 10.2. The zero-order valence-electron chi connectivity index (χ0n) is 24.9. The van der Waals surface area contributed by atoms with Gasteiger partial charge in [0.1, 0.15) is 23.4 Å². The van der Waals surface area contributed by atoms with E-state index in [0.29, 0.717) is 0 Å². The van der Waals surface area contributed by atoms with Crippen LogP contribution in [-0.2, 0) is 20.7 Å². The highest BCUT2D eigenvalue weighted by Gasteiger charge is 2.44. The molecule has 1 aliphatic carbocycles. The number of carbonyl (C=O) groups excluding carboxylic acids is 3. The number of ether oxygens (including phenoxy) is 1. The van der Waals surface area contributed by atoms with Gasteiger partial charge in [-0.05, 0) is 84.1 Å². The predicted molar refractivity (Wildman–Crippen MR) is 156 cm³/mol. The molecule has 2 aromatic carbocycles. The zero-order chi connectivity index (χ0) is 29.6. The van der Waals surface area contributed by atoms with Gasteiger partial charge in [-0.25, -0.2) is 4.79 Å². The van der Waals surface area contributed by atoms with Crippen LogP contribution in [0.3, 0.4) is 0 Å². The first-order valence-corrected chi connectivity index (χ1v) is 14.3. The van der Waals surface area contributed by atoms with E-state index in [-0.39, 0.29) is 36.1 Å². The lowest BCUT2D eigenvalue weighted by Crippen LogP contribution is -2.55. The summed E-state index contributed by atoms with van der Waals surface area (Å²) >= 11 is 0. The summed E-state index contributed by atoms with van der Waals surface area (Å²) in [7, 11) is 0. The molecule has 3 atom stereocenters. The topological polar surface area (TPSA) is 108 Å². The third-order valence-corrected chi connectivity index (χ3v) is 6.76. The van der Waals surface area contributed by atoms with Crippen LogP contribution in [0.2, 0.25) is 0 Å². The minimum absolute atomic E-state index is 0.0465. The van der Waals surface area contributed by atoms with Crippen molar-refractivity contribution < 1.29 is 24.2 Å². The fourth-order valence-corrected chi connectivity index (χ4v) is 5.00. The molecule has 3 N–H and O–H groups in total. The number of alkyl carbamates (subject to hydrolysis) is 1. The molecule has 8 nitrogen and oxygen atoms in total. The van der Waals surface area contributed by atoms with Crippen LogP contribution < -0.4 is 10.6 Å². The number of carbonyl (C=O) groups is 3. The zero-order valence-corrected chi connectivity index (χ0v) is 24.9. The van der Waals surface area contributed by atoms with Crippen molar-refractivity contribution in [2.75, 3.05) is 0 Å². The van der Waals surface area contributed by atoms with Crippen molar-refractivity contribution in [2.24, 2.45) is 0 Å². The average Bonchev–Trinajstić information content (AvgIpc) is 3.66. The molecule has 1 fully saturated rings. The number of phenolic OH excluding ortho intramolecular Hbond substituents is 1. The highest BCUT2D eigenvalue weighted by atomic mass is 16.6. The Morgan fingerprint density at radius 3 is 2.15 bits per heavy atom. The van der Waals surface area contributed by atoms with Crippen molar-refractivity contribution in [3.8, 4) is 5.75 Å². The van der Waals surface area contributed by atoms with Gasteiger partial charge in [-0.2, -0.15) is 0 Å². The highest BCUT2D eigenvalue weighted by Crippen LogP contribution is 2.36. The largest absolute Gasteiger partial charge is 0.508 e. The van der Waals surface area contributed by atoms with E-state index in [1.165, 1.54) is 0 Å². The number of nitrogens with one attached hydrogen (secondary N) is 2. The molecule has 0 saturated heterocycles. The lowest BCUT2D eigenvalue weighted by atomic mass is 9.97. The Bertz CT molecular complexity index is 1160. The minimum atomic E-state index is -0.978. The molecular formula is C32H45N3O5. The maximum absolute atomic E-state index is 14.4. The third-order valence-electron chi connectivity index (χ3n) is 6.76. The van der Waals surface area contributed by atoms with Gasteiger partial charge in [0.25, 0.3) is 0 Å². The van der Waals surface area contributed by atoms with Crippen molar-refractivity contribution in [2.45, 2.75) is 110 Å². The molecule has 1 saturated carbocycles. The summed E-state index contributed by atoms with van der Waals surface area (Å²) in [6.45, 7) is 13.3. The summed E-state index contributed by atoms with van der Waals surface area (Å²) in [6.07, 6.45) is 2.78. The van der Waals surface area contributed by atoms with Crippen LogP contribution >= 0.6 is 0 Å². The molecule has 40 heavy (non-hydrogen) atoms. The van der Waals surface area contributed by atoms with Crippen LogP contribution in [-0.4, -0.2) is 51.6 Å². The van der Waals surface area contributed by atoms with Gasteiger partial charge in [0.05, 0.1) is 0 Å². The van der Waals surface area contributed by atoms with E-state index in [9.17, 15) is 19.5 Å². The molecule has 3 amide bonds. The molecule has 0 radical (unpaired) electrons. The van der Waals surface area contributed by atoms with Crippen LogP contribution in [0, 0.1) is 13.8 Å². The quantitative estimate of drug-likeness (QED) is 0.343. The molecule has 0 aromatic heterocycles. The first-order valence-electron chi connectivity index (χ1n) is 14.3. The predicted octanol–water partition coefficient (Wildman–Crippen LogP) is 5.48. The molecule has 8 heteroatoms. The number of nitrogens with zero attached hydrogens (tertiary/aromatic N) is 1. The summed E-state index contributed by atoms with van der Waals surface area (Å²) in [5, 5.41) is 15.7. The number of phenols is 1. The number of hydrogen-bond donors (Lipinski definition) is 3. The molecule has 0 aliphatic heterocycles. The smallest absolute Gasteiger partial charge is 0.408 e. The number of hydrogen-bond acceptors (Lipinski definition) is 5. The monoisotopic (exact) mass is 551 g/mol. The number of amides is 3. The average molecular weight is 552 g/mol. The SMILES string of the molecule is CCCC(C)NC(=O)C(c1cc(C)cc(C)c1)N(C(=O)C(Cc1ccc(O)cc1)NC(=O)OC(C)(C)C)C1CC1. The van der Waals surface area contributed by atoms with Crippen molar-refractivity contribution in [3.05, 3.63) is 64.7 Å². The molecule has 0 bridgehead atoms. The van der Waals surface area contributed by atoms with Crippen LogP contribution in [0.4, 0.5) is 4.79 Å². The van der Waals surface area contributed by atoms with Crippen LogP contribution in [0.1, 0.15) is 88.6 Å². The Hall–Kier alpha value is -3.55. The number of rotatable bonds is 11. The van der Waals surface area contributed by atoms with E-state index in [1.54, 1.807) is 49.9 Å². The molecular weight excluding hydrogens is 506 g/mol. The van der Waals surface area contributed by atoms with Gasteiger partial charge >= 0.3 is 6.09 Å². The fourth-order valence-electron chi connectivity index (χ4n) is 5.00. The summed E-state index contributed by atoms with van der Waals surface area (Å²) in [6, 6.07) is 10.5. The first kappa shape index (κ1) is 31.0. The van der Waals surface area contributed by atoms with Gasteiger partial charge in [0, 0.05) is 18.5 Å². The van der Waals surface area contributed by atoms with Gasteiger partial charge in [0.15, 0.2) is 0 Å². The highest BCUT2D eigenvalue weighted by molar-refractivity contribution is 5.93. The summed E-state index contributed by atoms with van der Waals surface area (Å²) in [5.74, 6) is -0.463. The third kappa shape index (κ3) is 9.00.